The molecule has 2 rings (SSSR count). The van der Waals surface area contributed by atoms with Gasteiger partial charge >= 0.3 is 0 Å². The SMILES string of the molecule is CCC1CN(Cc2cccc(Br)c2O)CCO1. The minimum atomic E-state index is 0.332. The summed E-state index contributed by atoms with van der Waals surface area (Å²) in [7, 11) is 0. The molecule has 1 aromatic rings. The molecule has 1 atom stereocenters. The first kappa shape index (κ1) is 12.9. The van der Waals surface area contributed by atoms with E-state index in [9.17, 15) is 5.11 Å². The fourth-order valence-corrected chi connectivity index (χ4v) is 2.51. The maximum absolute atomic E-state index is 9.95. The molecule has 1 unspecified atom stereocenters. The minimum absolute atomic E-state index is 0.332. The third kappa shape index (κ3) is 3.21. The molecule has 3 nitrogen and oxygen atoms in total. The van der Waals surface area contributed by atoms with Crippen LogP contribution in [0.4, 0.5) is 0 Å². The van der Waals surface area contributed by atoms with E-state index in [1.165, 1.54) is 0 Å². The fraction of sp³-hybridized carbons (Fsp3) is 0.538. The van der Waals surface area contributed by atoms with Crippen molar-refractivity contribution in [3.63, 3.8) is 0 Å². The van der Waals surface area contributed by atoms with Gasteiger partial charge in [-0.05, 0) is 28.4 Å². The maximum Gasteiger partial charge on any atom is 0.134 e. The van der Waals surface area contributed by atoms with E-state index in [0.717, 1.165) is 42.7 Å². The second-order valence-corrected chi connectivity index (χ2v) is 5.24. The molecule has 0 amide bonds. The second kappa shape index (κ2) is 5.85. The average Bonchev–Trinajstić information content (AvgIpc) is 2.35. The van der Waals surface area contributed by atoms with Crippen molar-refractivity contribution in [1.82, 2.24) is 4.90 Å². The number of para-hydroxylation sites is 1. The van der Waals surface area contributed by atoms with Crippen molar-refractivity contribution in [3.05, 3.63) is 28.2 Å². The summed E-state index contributed by atoms with van der Waals surface area (Å²) in [6.45, 7) is 5.59. The minimum Gasteiger partial charge on any atom is -0.506 e. The number of phenolic OH excluding ortho intramolecular Hbond substituents is 1. The van der Waals surface area contributed by atoms with Crippen LogP contribution < -0.4 is 0 Å². The molecule has 0 aromatic heterocycles. The molecule has 17 heavy (non-hydrogen) atoms. The third-order valence-corrected chi connectivity index (χ3v) is 3.78. The normalized spacial score (nSPS) is 21.6. The fourth-order valence-electron chi connectivity index (χ4n) is 2.10. The highest BCUT2D eigenvalue weighted by Crippen LogP contribution is 2.28. The molecule has 0 spiro atoms. The molecular weight excluding hydrogens is 282 g/mol. The van der Waals surface area contributed by atoms with Crippen LogP contribution in [-0.4, -0.2) is 35.8 Å². The van der Waals surface area contributed by atoms with Gasteiger partial charge in [-0.1, -0.05) is 19.1 Å². The number of morpholine rings is 1. The quantitative estimate of drug-likeness (QED) is 0.931. The number of aromatic hydroxyl groups is 1. The highest BCUT2D eigenvalue weighted by Gasteiger charge is 2.19. The Labute approximate surface area is 111 Å². The molecule has 1 saturated heterocycles. The van der Waals surface area contributed by atoms with E-state index in [1.54, 1.807) is 0 Å². The smallest absolute Gasteiger partial charge is 0.134 e. The van der Waals surface area contributed by atoms with Crippen LogP contribution in [0.25, 0.3) is 0 Å². The summed E-state index contributed by atoms with van der Waals surface area (Å²) in [5, 5.41) is 9.95. The number of hydrogen-bond donors (Lipinski definition) is 1. The highest BCUT2D eigenvalue weighted by molar-refractivity contribution is 9.10. The van der Waals surface area contributed by atoms with Crippen molar-refractivity contribution in [2.24, 2.45) is 0 Å². The van der Waals surface area contributed by atoms with Crippen LogP contribution in [0.1, 0.15) is 18.9 Å². The molecular formula is C13H18BrNO2. The zero-order chi connectivity index (χ0) is 12.3. The lowest BCUT2D eigenvalue weighted by atomic mass is 10.1. The van der Waals surface area contributed by atoms with Gasteiger partial charge in [0.1, 0.15) is 5.75 Å². The Kier molecular flexibility index (Phi) is 4.42. The van der Waals surface area contributed by atoms with Gasteiger partial charge in [-0.3, -0.25) is 4.90 Å². The summed E-state index contributed by atoms with van der Waals surface area (Å²) in [5.74, 6) is 0.354. The summed E-state index contributed by atoms with van der Waals surface area (Å²) >= 11 is 3.34. The van der Waals surface area contributed by atoms with Gasteiger partial charge in [0, 0.05) is 25.2 Å². The van der Waals surface area contributed by atoms with Gasteiger partial charge < -0.3 is 9.84 Å². The molecule has 0 saturated carbocycles. The predicted molar refractivity (Wildman–Crippen MR) is 71.1 cm³/mol. The van der Waals surface area contributed by atoms with E-state index in [0.29, 0.717) is 11.9 Å². The van der Waals surface area contributed by atoms with Crippen molar-refractivity contribution in [2.45, 2.75) is 26.0 Å². The molecule has 0 aliphatic carbocycles. The van der Waals surface area contributed by atoms with Crippen LogP contribution in [0.5, 0.6) is 5.75 Å². The first-order valence-electron chi connectivity index (χ1n) is 6.01. The zero-order valence-electron chi connectivity index (χ0n) is 10.0. The molecule has 1 aliphatic heterocycles. The molecule has 1 fully saturated rings. The van der Waals surface area contributed by atoms with Crippen molar-refractivity contribution >= 4 is 15.9 Å². The van der Waals surface area contributed by atoms with E-state index in [2.05, 4.69) is 27.8 Å². The van der Waals surface area contributed by atoms with Crippen molar-refractivity contribution in [2.75, 3.05) is 19.7 Å². The molecule has 0 radical (unpaired) electrons. The van der Waals surface area contributed by atoms with Crippen LogP contribution in [0, 0.1) is 0 Å². The molecule has 1 heterocycles. The molecule has 94 valence electrons. The average molecular weight is 300 g/mol. The lowest BCUT2D eigenvalue weighted by Gasteiger charge is -2.32. The summed E-state index contributed by atoms with van der Waals surface area (Å²) in [5.41, 5.74) is 0.969. The summed E-state index contributed by atoms with van der Waals surface area (Å²) in [4.78, 5) is 2.33. The Balaban J connectivity index is 2.02. The van der Waals surface area contributed by atoms with Crippen molar-refractivity contribution < 1.29 is 9.84 Å². The first-order chi connectivity index (χ1) is 8.20. The van der Waals surface area contributed by atoms with E-state index < -0.39 is 0 Å². The van der Waals surface area contributed by atoms with Crippen LogP contribution in [0.15, 0.2) is 22.7 Å². The van der Waals surface area contributed by atoms with Crippen LogP contribution in [-0.2, 0) is 11.3 Å². The highest BCUT2D eigenvalue weighted by atomic mass is 79.9. The van der Waals surface area contributed by atoms with Crippen molar-refractivity contribution in [1.29, 1.82) is 0 Å². The van der Waals surface area contributed by atoms with Gasteiger partial charge in [0.15, 0.2) is 0 Å². The van der Waals surface area contributed by atoms with Crippen LogP contribution in [0.3, 0.4) is 0 Å². The second-order valence-electron chi connectivity index (χ2n) is 4.38. The lowest BCUT2D eigenvalue weighted by molar-refractivity contribution is -0.0326. The number of rotatable bonds is 3. The van der Waals surface area contributed by atoms with E-state index >= 15 is 0 Å². The van der Waals surface area contributed by atoms with Gasteiger partial charge in [-0.25, -0.2) is 0 Å². The van der Waals surface area contributed by atoms with E-state index in [1.807, 2.05) is 18.2 Å². The van der Waals surface area contributed by atoms with E-state index in [-0.39, 0.29) is 0 Å². The Bertz CT molecular complexity index is 384. The standard InChI is InChI=1S/C13H18BrNO2/c1-2-11-9-15(6-7-17-11)8-10-4-3-5-12(14)13(10)16/h3-5,11,16H,2,6-9H2,1H3. The van der Waals surface area contributed by atoms with E-state index in [4.69, 9.17) is 4.74 Å². The lowest BCUT2D eigenvalue weighted by Crippen LogP contribution is -2.41. The predicted octanol–water partition coefficient (Wildman–Crippen LogP) is 2.77. The largest absolute Gasteiger partial charge is 0.506 e. The van der Waals surface area contributed by atoms with Crippen LogP contribution >= 0.6 is 15.9 Å². The zero-order valence-corrected chi connectivity index (χ0v) is 11.6. The summed E-state index contributed by atoms with van der Waals surface area (Å²) < 4.78 is 6.40. The monoisotopic (exact) mass is 299 g/mol. The number of phenols is 1. The van der Waals surface area contributed by atoms with Gasteiger partial charge in [-0.2, -0.15) is 0 Å². The van der Waals surface area contributed by atoms with Gasteiger partial charge in [0.05, 0.1) is 17.2 Å². The number of nitrogens with zero attached hydrogens (tertiary/aromatic N) is 1. The van der Waals surface area contributed by atoms with Crippen LogP contribution in [0.2, 0.25) is 0 Å². The first-order valence-corrected chi connectivity index (χ1v) is 6.80. The third-order valence-electron chi connectivity index (χ3n) is 3.14. The number of benzene rings is 1. The molecule has 1 aromatic carbocycles. The number of ether oxygens (including phenoxy) is 1. The Morgan fingerprint density at radius 1 is 1.53 bits per heavy atom. The number of hydrogen-bond acceptors (Lipinski definition) is 3. The Morgan fingerprint density at radius 3 is 3.12 bits per heavy atom. The molecule has 4 heteroatoms. The number of halogens is 1. The van der Waals surface area contributed by atoms with Gasteiger partial charge in [0.2, 0.25) is 0 Å². The maximum atomic E-state index is 9.95. The Morgan fingerprint density at radius 2 is 2.35 bits per heavy atom. The summed E-state index contributed by atoms with van der Waals surface area (Å²) in [6.07, 6.45) is 1.37. The Hall–Kier alpha value is -0.580. The van der Waals surface area contributed by atoms with Gasteiger partial charge in [-0.15, -0.1) is 0 Å². The molecule has 0 bridgehead atoms. The molecule has 1 N–H and O–H groups in total. The topological polar surface area (TPSA) is 32.7 Å². The summed E-state index contributed by atoms with van der Waals surface area (Å²) in [6, 6.07) is 5.78. The van der Waals surface area contributed by atoms with Gasteiger partial charge in [0.25, 0.3) is 0 Å². The van der Waals surface area contributed by atoms with Crippen molar-refractivity contribution in [3.8, 4) is 5.75 Å². The molecule has 1 aliphatic rings.